The molecule has 1 amide bonds. The highest BCUT2D eigenvalue weighted by molar-refractivity contribution is 5.79. The largest absolute Gasteiger partial charge is 0.456 e. The van der Waals surface area contributed by atoms with E-state index in [2.05, 4.69) is 0 Å². The van der Waals surface area contributed by atoms with Gasteiger partial charge in [0, 0.05) is 32.4 Å². The quantitative estimate of drug-likeness (QED) is 0.724. The number of halogens is 2. The van der Waals surface area contributed by atoms with Crippen LogP contribution in [0.15, 0.2) is 0 Å². The first-order valence-corrected chi connectivity index (χ1v) is 8.64. The summed E-state index contributed by atoms with van der Waals surface area (Å²) in [5.74, 6) is -3.68. The third kappa shape index (κ3) is 5.15. The van der Waals surface area contributed by atoms with Crippen LogP contribution in [0.5, 0.6) is 0 Å². The maximum Gasteiger partial charge on any atom is 0.306 e. The lowest BCUT2D eigenvalue weighted by Crippen LogP contribution is -2.46. The smallest absolute Gasteiger partial charge is 0.306 e. The molecule has 2 fully saturated rings. The van der Waals surface area contributed by atoms with E-state index in [1.165, 1.54) is 26.2 Å². The highest BCUT2D eigenvalue weighted by Crippen LogP contribution is 2.29. The molecule has 2 rings (SSSR count). The molecule has 1 aliphatic carbocycles. The number of carbonyl (C=O) groups is 2. The van der Waals surface area contributed by atoms with Gasteiger partial charge in [-0.05, 0) is 32.1 Å². The van der Waals surface area contributed by atoms with Crippen LogP contribution in [0.25, 0.3) is 0 Å². The SMILES string of the molecule is CC(OC(=O)CC1CCN(C2CCCCC2)C(=O)C1)C(C)(F)F. The lowest BCUT2D eigenvalue weighted by molar-refractivity contribution is -0.169. The van der Waals surface area contributed by atoms with Crippen molar-refractivity contribution >= 4 is 11.9 Å². The third-order valence-electron chi connectivity index (χ3n) is 5.05. The molecule has 23 heavy (non-hydrogen) atoms. The van der Waals surface area contributed by atoms with Gasteiger partial charge in [0.1, 0.15) is 0 Å². The Balaban J connectivity index is 1.78. The molecule has 6 heteroatoms. The minimum atomic E-state index is -3.05. The van der Waals surface area contributed by atoms with Crippen molar-refractivity contribution in [3.63, 3.8) is 0 Å². The summed E-state index contributed by atoms with van der Waals surface area (Å²) in [6.45, 7) is 2.59. The van der Waals surface area contributed by atoms with Crippen molar-refractivity contribution in [1.29, 1.82) is 0 Å². The molecule has 132 valence electrons. The Hall–Kier alpha value is -1.20. The van der Waals surface area contributed by atoms with E-state index in [1.807, 2.05) is 4.90 Å². The average Bonchev–Trinajstić information content (AvgIpc) is 2.47. The summed E-state index contributed by atoms with van der Waals surface area (Å²) in [7, 11) is 0. The van der Waals surface area contributed by atoms with Gasteiger partial charge in [0.05, 0.1) is 0 Å². The number of alkyl halides is 2. The van der Waals surface area contributed by atoms with Crippen LogP contribution in [0.2, 0.25) is 0 Å². The molecule has 0 spiro atoms. The van der Waals surface area contributed by atoms with E-state index < -0.39 is 18.0 Å². The molecule has 1 saturated carbocycles. The second kappa shape index (κ2) is 7.58. The van der Waals surface area contributed by atoms with E-state index in [0.717, 1.165) is 26.2 Å². The van der Waals surface area contributed by atoms with Gasteiger partial charge >= 0.3 is 5.97 Å². The van der Waals surface area contributed by atoms with Crippen molar-refractivity contribution in [2.24, 2.45) is 5.92 Å². The summed E-state index contributed by atoms with van der Waals surface area (Å²) >= 11 is 0. The molecule has 1 saturated heterocycles. The van der Waals surface area contributed by atoms with E-state index in [1.54, 1.807) is 0 Å². The molecule has 0 aromatic rings. The maximum atomic E-state index is 13.0. The number of piperidine rings is 1. The van der Waals surface area contributed by atoms with Crippen molar-refractivity contribution in [1.82, 2.24) is 4.90 Å². The highest BCUT2D eigenvalue weighted by Gasteiger charge is 2.35. The van der Waals surface area contributed by atoms with Gasteiger partial charge in [0.15, 0.2) is 6.10 Å². The van der Waals surface area contributed by atoms with Crippen LogP contribution in [-0.2, 0) is 14.3 Å². The Kier molecular flexibility index (Phi) is 5.98. The molecule has 1 heterocycles. The molecule has 2 unspecified atom stereocenters. The number of nitrogens with zero attached hydrogens (tertiary/aromatic N) is 1. The fourth-order valence-electron chi connectivity index (χ4n) is 3.45. The highest BCUT2D eigenvalue weighted by atomic mass is 19.3. The van der Waals surface area contributed by atoms with E-state index in [4.69, 9.17) is 4.74 Å². The molecule has 0 radical (unpaired) electrons. The van der Waals surface area contributed by atoms with Crippen LogP contribution in [0.1, 0.15) is 65.2 Å². The first kappa shape index (κ1) is 18.1. The molecule has 0 aromatic heterocycles. The second-order valence-corrected chi connectivity index (χ2v) is 7.03. The Bertz CT molecular complexity index is 430. The topological polar surface area (TPSA) is 46.6 Å². The average molecular weight is 331 g/mol. The van der Waals surface area contributed by atoms with Crippen LogP contribution >= 0.6 is 0 Å². The molecular formula is C17H27F2NO3. The van der Waals surface area contributed by atoms with Crippen molar-refractivity contribution in [3.8, 4) is 0 Å². The predicted octanol–water partition coefficient (Wildman–Crippen LogP) is 3.53. The van der Waals surface area contributed by atoms with Crippen LogP contribution in [-0.4, -0.2) is 41.4 Å². The summed E-state index contributed by atoms with van der Waals surface area (Å²) in [5.41, 5.74) is 0. The molecule has 1 aliphatic heterocycles. The molecule has 0 bridgehead atoms. The number of ether oxygens (including phenoxy) is 1. The number of esters is 1. The number of hydrogen-bond donors (Lipinski definition) is 0. The first-order chi connectivity index (χ1) is 10.8. The van der Waals surface area contributed by atoms with Gasteiger partial charge < -0.3 is 9.64 Å². The summed E-state index contributed by atoms with van der Waals surface area (Å²) in [6.07, 6.45) is 5.41. The Labute approximate surface area is 136 Å². The second-order valence-electron chi connectivity index (χ2n) is 7.03. The van der Waals surface area contributed by atoms with Crippen LogP contribution in [0.4, 0.5) is 8.78 Å². The summed E-state index contributed by atoms with van der Waals surface area (Å²) in [4.78, 5) is 26.1. The van der Waals surface area contributed by atoms with Crippen molar-refractivity contribution in [2.75, 3.05) is 6.54 Å². The monoisotopic (exact) mass is 331 g/mol. The molecule has 0 N–H and O–H groups in total. The van der Waals surface area contributed by atoms with E-state index in [0.29, 0.717) is 19.0 Å². The number of hydrogen-bond acceptors (Lipinski definition) is 3. The van der Waals surface area contributed by atoms with Crippen LogP contribution in [0.3, 0.4) is 0 Å². The molecule has 2 aliphatic rings. The summed E-state index contributed by atoms with van der Waals surface area (Å²) < 4.78 is 30.9. The van der Waals surface area contributed by atoms with Gasteiger partial charge in [-0.1, -0.05) is 19.3 Å². The Morgan fingerprint density at radius 2 is 1.96 bits per heavy atom. The van der Waals surface area contributed by atoms with Crippen molar-refractivity contribution < 1.29 is 23.1 Å². The van der Waals surface area contributed by atoms with Gasteiger partial charge in [-0.25, -0.2) is 8.78 Å². The van der Waals surface area contributed by atoms with Crippen LogP contribution < -0.4 is 0 Å². The molecule has 0 aromatic carbocycles. The molecule has 4 nitrogen and oxygen atoms in total. The van der Waals surface area contributed by atoms with E-state index in [9.17, 15) is 18.4 Å². The van der Waals surface area contributed by atoms with Gasteiger partial charge in [0.2, 0.25) is 5.91 Å². The number of rotatable bonds is 5. The van der Waals surface area contributed by atoms with Crippen LogP contribution in [0, 0.1) is 5.92 Å². The minimum absolute atomic E-state index is 0.0463. The minimum Gasteiger partial charge on any atom is -0.456 e. The predicted molar refractivity (Wildman–Crippen MR) is 82.1 cm³/mol. The zero-order valence-electron chi connectivity index (χ0n) is 14.0. The number of amides is 1. The third-order valence-corrected chi connectivity index (χ3v) is 5.05. The van der Waals surface area contributed by atoms with Crippen molar-refractivity contribution in [3.05, 3.63) is 0 Å². The van der Waals surface area contributed by atoms with Gasteiger partial charge in [-0.2, -0.15) is 0 Å². The lowest BCUT2D eigenvalue weighted by Gasteiger charge is -2.39. The maximum absolute atomic E-state index is 13.0. The van der Waals surface area contributed by atoms with Crippen molar-refractivity contribution in [2.45, 2.75) is 83.3 Å². The van der Waals surface area contributed by atoms with Gasteiger partial charge in [-0.3, -0.25) is 9.59 Å². The fraction of sp³-hybridized carbons (Fsp3) is 0.882. The van der Waals surface area contributed by atoms with E-state index in [-0.39, 0.29) is 18.2 Å². The fourth-order valence-corrected chi connectivity index (χ4v) is 3.45. The first-order valence-electron chi connectivity index (χ1n) is 8.64. The Morgan fingerprint density at radius 3 is 2.52 bits per heavy atom. The number of likely N-dealkylation sites (tertiary alicyclic amines) is 1. The standard InChI is InChI=1S/C17H27F2NO3/c1-12(17(2,18)19)23-16(22)11-13-8-9-20(15(21)10-13)14-6-4-3-5-7-14/h12-14H,3-11H2,1-2H3. The number of carbonyl (C=O) groups excluding carboxylic acids is 2. The zero-order chi connectivity index (χ0) is 17.0. The Morgan fingerprint density at radius 1 is 1.30 bits per heavy atom. The normalized spacial score (nSPS) is 25.3. The lowest BCUT2D eigenvalue weighted by atomic mass is 9.88. The summed E-state index contributed by atoms with van der Waals surface area (Å²) in [5, 5.41) is 0. The van der Waals surface area contributed by atoms with Gasteiger partial charge in [-0.15, -0.1) is 0 Å². The molecule has 2 atom stereocenters. The van der Waals surface area contributed by atoms with E-state index >= 15 is 0 Å². The summed E-state index contributed by atoms with van der Waals surface area (Å²) in [6, 6.07) is 0.350. The molecular weight excluding hydrogens is 304 g/mol. The zero-order valence-corrected chi connectivity index (χ0v) is 14.0. The van der Waals surface area contributed by atoms with Gasteiger partial charge in [0.25, 0.3) is 5.92 Å².